The van der Waals surface area contributed by atoms with Crippen LogP contribution in [-0.4, -0.2) is 26.1 Å². The molecule has 0 aliphatic rings. The molecule has 2 aromatic heterocycles. The number of nitrogens with zero attached hydrogens (tertiary/aromatic N) is 4. The Bertz CT molecular complexity index is 518. The first-order valence-electron chi connectivity index (χ1n) is 6.18. The highest BCUT2D eigenvalue weighted by Gasteiger charge is 2.01. The normalized spacial score (nSPS) is 10.6. The topological polar surface area (TPSA) is 55.6 Å². The zero-order valence-corrected chi connectivity index (χ0v) is 11.1. The lowest BCUT2D eigenvalue weighted by Gasteiger charge is -2.09. The van der Waals surface area contributed by atoms with Crippen LogP contribution >= 0.6 is 0 Å². The van der Waals surface area contributed by atoms with Crippen LogP contribution in [0.5, 0.6) is 0 Å². The van der Waals surface area contributed by atoms with Crippen molar-refractivity contribution in [1.29, 1.82) is 0 Å². The van der Waals surface area contributed by atoms with E-state index in [1.165, 1.54) is 0 Å². The van der Waals surface area contributed by atoms with E-state index in [9.17, 15) is 0 Å². The van der Waals surface area contributed by atoms with Crippen molar-refractivity contribution in [3.05, 3.63) is 35.8 Å². The molecule has 0 saturated heterocycles. The van der Waals surface area contributed by atoms with E-state index in [-0.39, 0.29) is 0 Å². The van der Waals surface area contributed by atoms with E-state index >= 15 is 0 Å². The van der Waals surface area contributed by atoms with Crippen LogP contribution in [0, 0.1) is 20.8 Å². The molecule has 1 N–H and O–H groups in total. The summed E-state index contributed by atoms with van der Waals surface area (Å²) in [6, 6.07) is 0. The van der Waals surface area contributed by atoms with Crippen molar-refractivity contribution in [3.63, 3.8) is 0 Å². The number of hydrogen-bond acceptors (Lipinski definition) is 4. The standard InChI is InChI=1S/C13H19N5/c1-10-9-16-11(2)13(17-10)15-5-4-7-18-8-6-14-12(18)3/h6,8-9H,4-5,7H2,1-3H3,(H,15,17). The fraction of sp³-hybridized carbons (Fsp3) is 0.462. The lowest BCUT2D eigenvalue weighted by Crippen LogP contribution is -2.10. The number of hydrogen-bond donors (Lipinski definition) is 1. The van der Waals surface area contributed by atoms with Gasteiger partial charge in [-0.3, -0.25) is 4.98 Å². The van der Waals surface area contributed by atoms with E-state index in [1.54, 1.807) is 6.20 Å². The summed E-state index contributed by atoms with van der Waals surface area (Å²) in [4.78, 5) is 12.9. The van der Waals surface area contributed by atoms with E-state index in [4.69, 9.17) is 0 Å². The average Bonchev–Trinajstić information content (AvgIpc) is 2.75. The molecule has 18 heavy (non-hydrogen) atoms. The highest BCUT2D eigenvalue weighted by molar-refractivity contribution is 5.39. The number of imidazole rings is 1. The first-order chi connectivity index (χ1) is 8.66. The van der Waals surface area contributed by atoms with Crippen LogP contribution in [0.25, 0.3) is 0 Å². The van der Waals surface area contributed by atoms with Gasteiger partial charge in [0.1, 0.15) is 11.6 Å². The summed E-state index contributed by atoms with van der Waals surface area (Å²) >= 11 is 0. The highest BCUT2D eigenvalue weighted by atomic mass is 15.1. The van der Waals surface area contributed by atoms with E-state index < -0.39 is 0 Å². The molecule has 0 fully saturated rings. The Morgan fingerprint density at radius 3 is 2.78 bits per heavy atom. The third-order valence-corrected chi connectivity index (χ3v) is 2.87. The van der Waals surface area contributed by atoms with Crippen LogP contribution in [0.1, 0.15) is 23.6 Å². The SMILES string of the molecule is Cc1cnc(C)c(NCCCn2ccnc2C)n1. The molecule has 0 atom stereocenters. The first kappa shape index (κ1) is 12.5. The second kappa shape index (κ2) is 5.62. The van der Waals surface area contributed by atoms with E-state index in [0.29, 0.717) is 0 Å². The summed E-state index contributed by atoms with van der Waals surface area (Å²) in [5.74, 6) is 1.94. The Morgan fingerprint density at radius 2 is 2.06 bits per heavy atom. The van der Waals surface area contributed by atoms with Crippen LogP contribution in [0.3, 0.4) is 0 Å². The molecule has 96 valence electrons. The number of rotatable bonds is 5. The second-order valence-corrected chi connectivity index (χ2v) is 4.39. The molecule has 0 saturated carbocycles. The summed E-state index contributed by atoms with van der Waals surface area (Å²) in [7, 11) is 0. The minimum absolute atomic E-state index is 0.886. The molecule has 0 radical (unpaired) electrons. The van der Waals surface area contributed by atoms with Crippen molar-refractivity contribution < 1.29 is 0 Å². The minimum Gasteiger partial charge on any atom is -0.368 e. The van der Waals surface area contributed by atoms with Gasteiger partial charge in [-0.25, -0.2) is 9.97 Å². The van der Waals surface area contributed by atoms with Crippen LogP contribution < -0.4 is 5.32 Å². The van der Waals surface area contributed by atoms with Gasteiger partial charge in [0.25, 0.3) is 0 Å². The smallest absolute Gasteiger partial charge is 0.147 e. The van der Waals surface area contributed by atoms with Gasteiger partial charge in [-0.15, -0.1) is 0 Å². The molecule has 0 aliphatic heterocycles. The lowest BCUT2D eigenvalue weighted by molar-refractivity contribution is 0.641. The molecule has 2 heterocycles. The van der Waals surface area contributed by atoms with Gasteiger partial charge in [0, 0.05) is 31.7 Å². The molecule has 0 unspecified atom stereocenters. The predicted molar refractivity (Wildman–Crippen MR) is 71.6 cm³/mol. The maximum atomic E-state index is 4.43. The molecule has 0 spiro atoms. The van der Waals surface area contributed by atoms with Gasteiger partial charge >= 0.3 is 0 Å². The van der Waals surface area contributed by atoms with Crippen molar-refractivity contribution in [3.8, 4) is 0 Å². The van der Waals surface area contributed by atoms with Gasteiger partial charge < -0.3 is 9.88 Å². The van der Waals surface area contributed by atoms with Crippen molar-refractivity contribution in [2.45, 2.75) is 33.7 Å². The van der Waals surface area contributed by atoms with Crippen molar-refractivity contribution in [2.24, 2.45) is 0 Å². The van der Waals surface area contributed by atoms with E-state index in [0.717, 1.165) is 42.5 Å². The molecule has 0 aliphatic carbocycles. The zero-order valence-electron chi connectivity index (χ0n) is 11.1. The van der Waals surface area contributed by atoms with Gasteiger partial charge in [0.2, 0.25) is 0 Å². The molecule has 0 aromatic carbocycles. The van der Waals surface area contributed by atoms with Crippen molar-refractivity contribution >= 4 is 5.82 Å². The second-order valence-electron chi connectivity index (χ2n) is 4.39. The molecule has 0 amide bonds. The van der Waals surface area contributed by atoms with Gasteiger partial charge in [-0.2, -0.15) is 0 Å². The molecule has 5 heteroatoms. The van der Waals surface area contributed by atoms with Crippen molar-refractivity contribution in [2.75, 3.05) is 11.9 Å². The first-order valence-corrected chi connectivity index (χ1v) is 6.18. The fourth-order valence-electron chi connectivity index (χ4n) is 1.80. The Balaban J connectivity index is 1.82. The van der Waals surface area contributed by atoms with Gasteiger partial charge in [-0.1, -0.05) is 0 Å². The summed E-state index contributed by atoms with van der Waals surface area (Å²) in [5, 5.41) is 3.33. The average molecular weight is 245 g/mol. The summed E-state index contributed by atoms with van der Waals surface area (Å²) < 4.78 is 2.15. The van der Waals surface area contributed by atoms with Crippen LogP contribution in [-0.2, 0) is 6.54 Å². The van der Waals surface area contributed by atoms with Crippen LogP contribution in [0.15, 0.2) is 18.6 Å². The Labute approximate surface area is 107 Å². The summed E-state index contributed by atoms with van der Waals surface area (Å²) in [5.41, 5.74) is 1.88. The number of nitrogens with one attached hydrogen (secondary N) is 1. The molecular weight excluding hydrogens is 226 g/mol. The van der Waals surface area contributed by atoms with Crippen molar-refractivity contribution in [1.82, 2.24) is 19.5 Å². The number of aryl methyl sites for hydroxylation is 4. The van der Waals surface area contributed by atoms with Gasteiger partial charge in [-0.05, 0) is 27.2 Å². The maximum absolute atomic E-state index is 4.43. The van der Waals surface area contributed by atoms with E-state index in [1.807, 2.05) is 33.2 Å². The fourth-order valence-corrected chi connectivity index (χ4v) is 1.80. The molecule has 2 aromatic rings. The molecular formula is C13H19N5. The molecule has 2 rings (SSSR count). The third kappa shape index (κ3) is 3.06. The Kier molecular flexibility index (Phi) is 3.92. The third-order valence-electron chi connectivity index (χ3n) is 2.87. The van der Waals surface area contributed by atoms with Gasteiger partial charge in [0.15, 0.2) is 0 Å². The largest absolute Gasteiger partial charge is 0.368 e. The monoisotopic (exact) mass is 245 g/mol. The van der Waals surface area contributed by atoms with Crippen LogP contribution in [0.4, 0.5) is 5.82 Å². The number of anilines is 1. The van der Waals surface area contributed by atoms with Gasteiger partial charge in [0.05, 0.1) is 11.4 Å². The predicted octanol–water partition coefficient (Wildman–Crippen LogP) is 2.10. The minimum atomic E-state index is 0.886. The highest BCUT2D eigenvalue weighted by Crippen LogP contribution is 2.08. The Morgan fingerprint density at radius 1 is 1.22 bits per heavy atom. The van der Waals surface area contributed by atoms with Crippen LogP contribution in [0.2, 0.25) is 0 Å². The maximum Gasteiger partial charge on any atom is 0.147 e. The summed E-state index contributed by atoms with van der Waals surface area (Å²) in [6.45, 7) is 7.79. The lowest BCUT2D eigenvalue weighted by atomic mass is 10.3. The molecule has 5 nitrogen and oxygen atoms in total. The zero-order chi connectivity index (χ0) is 13.0. The quantitative estimate of drug-likeness (QED) is 0.820. The number of aromatic nitrogens is 4. The van der Waals surface area contributed by atoms with E-state index in [2.05, 4.69) is 24.8 Å². The molecule has 0 bridgehead atoms. The Hall–Kier alpha value is -1.91. The summed E-state index contributed by atoms with van der Waals surface area (Å²) in [6.07, 6.45) is 6.66.